The molecule has 7 heteroatoms. The van der Waals surface area contributed by atoms with E-state index in [1.165, 1.54) is 11.9 Å². The van der Waals surface area contributed by atoms with Crippen molar-refractivity contribution in [1.82, 2.24) is 4.72 Å². The summed E-state index contributed by atoms with van der Waals surface area (Å²) in [5.74, 6) is 0.746. The third-order valence-corrected chi connectivity index (χ3v) is 4.58. The van der Waals surface area contributed by atoms with Crippen LogP contribution in [0.4, 0.5) is 11.4 Å². The van der Waals surface area contributed by atoms with Crippen LogP contribution in [-0.2, 0) is 0 Å². The standard InChI is InChI=1S/C15H15N3O3S/c1-8-3-4-13(21-2)9(5-8)15-10-6-12(18(19)20)11(16)7-14(10)22-17-15/h3-7,15,17H,16H2,1-2H3. The Kier molecular flexibility index (Phi) is 3.67. The molecule has 1 aliphatic rings. The average Bonchev–Trinajstić information content (AvgIpc) is 2.88. The average molecular weight is 317 g/mol. The maximum atomic E-state index is 11.1. The number of ether oxygens (including phenoxy) is 1. The summed E-state index contributed by atoms with van der Waals surface area (Å²) in [6, 6.07) is 8.91. The Labute approximate surface area is 131 Å². The summed E-state index contributed by atoms with van der Waals surface area (Å²) in [5.41, 5.74) is 8.75. The molecule has 114 valence electrons. The number of methoxy groups -OCH3 is 1. The molecule has 2 aromatic carbocycles. The van der Waals surface area contributed by atoms with Crippen molar-refractivity contribution in [2.45, 2.75) is 17.9 Å². The van der Waals surface area contributed by atoms with Gasteiger partial charge >= 0.3 is 0 Å². The van der Waals surface area contributed by atoms with Gasteiger partial charge in [-0.05, 0) is 36.6 Å². The molecule has 0 spiro atoms. The number of nitro benzene ring substituents is 1. The first kappa shape index (κ1) is 14.7. The van der Waals surface area contributed by atoms with Crippen LogP contribution in [0.15, 0.2) is 35.2 Å². The van der Waals surface area contributed by atoms with Gasteiger partial charge in [-0.25, -0.2) is 4.72 Å². The second-order valence-electron chi connectivity index (χ2n) is 5.10. The van der Waals surface area contributed by atoms with E-state index in [2.05, 4.69) is 4.72 Å². The fourth-order valence-electron chi connectivity index (χ4n) is 2.57. The number of aryl methyl sites for hydroxylation is 1. The normalized spacial score (nSPS) is 16.4. The van der Waals surface area contributed by atoms with Gasteiger partial charge in [-0.1, -0.05) is 17.7 Å². The number of nitrogen functional groups attached to an aromatic ring is 1. The predicted octanol–water partition coefficient (Wildman–Crippen LogP) is 3.19. The van der Waals surface area contributed by atoms with Gasteiger partial charge < -0.3 is 10.5 Å². The minimum Gasteiger partial charge on any atom is -0.496 e. The molecular weight excluding hydrogens is 302 g/mol. The van der Waals surface area contributed by atoms with E-state index < -0.39 is 4.92 Å². The van der Waals surface area contributed by atoms with Gasteiger partial charge in [-0.15, -0.1) is 0 Å². The SMILES string of the molecule is COc1ccc(C)cc1C1NSc2cc(N)c([N+](=O)[O-])cc21. The van der Waals surface area contributed by atoms with Crippen LogP contribution in [0.1, 0.15) is 22.7 Å². The van der Waals surface area contributed by atoms with E-state index in [0.29, 0.717) is 0 Å². The second-order valence-corrected chi connectivity index (χ2v) is 5.98. The molecule has 22 heavy (non-hydrogen) atoms. The van der Waals surface area contributed by atoms with Gasteiger partial charge in [0, 0.05) is 16.5 Å². The quantitative estimate of drug-likeness (QED) is 0.391. The fourth-order valence-corrected chi connectivity index (χ4v) is 3.55. The minimum absolute atomic E-state index is 0.0698. The van der Waals surface area contributed by atoms with Crippen molar-refractivity contribution in [2.24, 2.45) is 0 Å². The van der Waals surface area contributed by atoms with Crippen LogP contribution >= 0.6 is 11.9 Å². The molecular formula is C15H15N3O3S. The summed E-state index contributed by atoms with van der Waals surface area (Å²) in [5, 5.41) is 11.1. The molecule has 0 bridgehead atoms. The van der Waals surface area contributed by atoms with Gasteiger partial charge in [-0.3, -0.25) is 10.1 Å². The molecule has 0 aromatic heterocycles. The number of nitrogens with two attached hydrogens (primary N) is 1. The Morgan fingerprint density at radius 1 is 1.32 bits per heavy atom. The molecule has 0 radical (unpaired) electrons. The van der Waals surface area contributed by atoms with Crippen LogP contribution in [-0.4, -0.2) is 12.0 Å². The number of anilines is 1. The number of hydrogen-bond donors (Lipinski definition) is 2. The van der Waals surface area contributed by atoms with Crippen LogP contribution in [0.25, 0.3) is 0 Å². The molecule has 1 atom stereocenters. The molecule has 1 aliphatic heterocycles. The Morgan fingerprint density at radius 3 is 2.77 bits per heavy atom. The summed E-state index contributed by atoms with van der Waals surface area (Å²) >= 11 is 1.42. The second kappa shape index (κ2) is 5.51. The van der Waals surface area contributed by atoms with Crippen LogP contribution in [0, 0.1) is 17.0 Å². The van der Waals surface area contributed by atoms with Crippen molar-refractivity contribution < 1.29 is 9.66 Å². The number of nitrogens with one attached hydrogen (secondary N) is 1. The van der Waals surface area contributed by atoms with Crippen molar-refractivity contribution in [1.29, 1.82) is 0 Å². The number of hydrogen-bond acceptors (Lipinski definition) is 6. The zero-order valence-corrected chi connectivity index (χ0v) is 12.9. The summed E-state index contributed by atoms with van der Waals surface area (Å²) in [6.07, 6.45) is 0. The molecule has 0 amide bonds. The molecule has 3 N–H and O–H groups in total. The first-order valence-corrected chi connectivity index (χ1v) is 7.47. The number of fused-ring (bicyclic) bond motifs is 1. The van der Waals surface area contributed by atoms with E-state index in [4.69, 9.17) is 10.5 Å². The lowest BCUT2D eigenvalue weighted by atomic mass is 9.96. The lowest BCUT2D eigenvalue weighted by molar-refractivity contribution is -0.384. The van der Waals surface area contributed by atoms with Crippen molar-refractivity contribution in [2.75, 3.05) is 12.8 Å². The Morgan fingerprint density at radius 2 is 2.09 bits per heavy atom. The molecule has 0 saturated carbocycles. The zero-order valence-electron chi connectivity index (χ0n) is 12.1. The van der Waals surface area contributed by atoms with E-state index >= 15 is 0 Å². The molecule has 0 fully saturated rings. The van der Waals surface area contributed by atoms with Crippen molar-refractivity contribution in [3.63, 3.8) is 0 Å². The van der Waals surface area contributed by atoms with E-state index in [1.807, 2.05) is 25.1 Å². The smallest absolute Gasteiger partial charge is 0.292 e. The monoisotopic (exact) mass is 317 g/mol. The fraction of sp³-hybridized carbons (Fsp3) is 0.200. The highest BCUT2D eigenvalue weighted by Gasteiger charge is 2.30. The van der Waals surface area contributed by atoms with Gasteiger partial charge in [0.15, 0.2) is 0 Å². The van der Waals surface area contributed by atoms with Crippen LogP contribution < -0.4 is 15.2 Å². The molecule has 2 aromatic rings. The molecule has 1 unspecified atom stereocenters. The van der Waals surface area contributed by atoms with Crippen LogP contribution in [0.5, 0.6) is 5.75 Å². The third-order valence-electron chi connectivity index (χ3n) is 3.65. The zero-order chi connectivity index (χ0) is 15.9. The first-order valence-electron chi connectivity index (χ1n) is 6.66. The van der Waals surface area contributed by atoms with Crippen molar-refractivity contribution in [3.05, 3.63) is 57.1 Å². The topological polar surface area (TPSA) is 90.4 Å². The third kappa shape index (κ3) is 2.38. The maximum Gasteiger partial charge on any atom is 0.292 e. The lowest BCUT2D eigenvalue weighted by Gasteiger charge is -2.16. The summed E-state index contributed by atoms with van der Waals surface area (Å²) in [7, 11) is 1.61. The van der Waals surface area contributed by atoms with Crippen molar-refractivity contribution >= 4 is 23.3 Å². The number of benzene rings is 2. The molecule has 0 saturated heterocycles. The highest BCUT2D eigenvalue weighted by atomic mass is 32.2. The number of nitrogens with zero attached hydrogens (tertiary/aromatic N) is 1. The Hall–Kier alpha value is -2.25. The molecule has 0 aliphatic carbocycles. The van der Waals surface area contributed by atoms with E-state index in [9.17, 15) is 10.1 Å². The first-order chi connectivity index (χ1) is 10.5. The molecule has 3 rings (SSSR count). The van der Waals surface area contributed by atoms with Gasteiger partial charge in [0.1, 0.15) is 11.4 Å². The van der Waals surface area contributed by atoms with Gasteiger partial charge in [0.2, 0.25) is 0 Å². The Bertz CT molecular complexity index is 764. The summed E-state index contributed by atoms with van der Waals surface area (Å²) < 4.78 is 8.71. The Balaban J connectivity index is 2.13. The highest BCUT2D eigenvalue weighted by molar-refractivity contribution is 7.97. The van der Waals surface area contributed by atoms with E-state index in [-0.39, 0.29) is 17.4 Å². The largest absolute Gasteiger partial charge is 0.496 e. The van der Waals surface area contributed by atoms with Gasteiger partial charge in [-0.2, -0.15) is 0 Å². The number of rotatable bonds is 3. The molecule has 1 heterocycles. The summed E-state index contributed by atoms with van der Waals surface area (Å²) in [4.78, 5) is 11.6. The minimum atomic E-state index is -0.455. The van der Waals surface area contributed by atoms with Crippen LogP contribution in [0.3, 0.4) is 0 Å². The van der Waals surface area contributed by atoms with E-state index in [1.54, 1.807) is 19.2 Å². The van der Waals surface area contributed by atoms with Crippen molar-refractivity contribution in [3.8, 4) is 5.75 Å². The van der Waals surface area contributed by atoms with Gasteiger partial charge in [0.05, 0.1) is 18.1 Å². The predicted molar refractivity (Wildman–Crippen MR) is 86.1 cm³/mol. The van der Waals surface area contributed by atoms with E-state index in [0.717, 1.165) is 27.3 Å². The maximum absolute atomic E-state index is 11.1. The lowest BCUT2D eigenvalue weighted by Crippen LogP contribution is -2.11. The van der Waals surface area contributed by atoms with Gasteiger partial charge in [0.25, 0.3) is 5.69 Å². The van der Waals surface area contributed by atoms with Crippen LogP contribution in [0.2, 0.25) is 0 Å². The number of nitro groups is 1. The summed E-state index contributed by atoms with van der Waals surface area (Å²) in [6.45, 7) is 2.00. The molecule has 6 nitrogen and oxygen atoms in total. The highest BCUT2D eigenvalue weighted by Crippen LogP contribution is 2.44.